The Hall–Kier alpha value is -1.30. The average Bonchev–Trinajstić information content (AvgIpc) is 2.73. The molecule has 2 N–H and O–H groups in total. The first-order valence-electron chi connectivity index (χ1n) is 5.32. The van der Waals surface area contributed by atoms with E-state index >= 15 is 0 Å². The quantitative estimate of drug-likeness (QED) is 0.906. The molecule has 18 heavy (non-hydrogen) atoms. The Morgan fingerprint density at radius 2 is 2.33 bits per heavy atom. The van der Waals surface area contributed by atoms with Gasteiger partial charge < -0.3 is 15.2 Å². The van der Waals surface area contributed by atoms with Crippen molar-refractivity contribution in [1.29, 1.82) is 0 Å². The lowest BCUT2D eigenvalue weighted by Crippen LogP contribution is -2.25. The molecule has 4 nitrogen and oxygen atoms in total. The zero-order chi connectivity index (χ0) is 13.1. The van der Waals surface area contributed by atoms with Gasteiger partial charge in [0.1, 0.15) is 10.6 Å². The van der Waals surface area contributed by atoms with Crippen molar-refractivity contribution in [3.8, 4) is 5.75 Å². The Kier molecular flexibility index (Phi) is 4.06. The number of halogens is 1. The van der Waals surface area contributed by atoms with Gasteiger partial charge in [-0.3, -0.25) is 4.79 Å². The van der Waals surface area contributed by atoms with E-state index in [4.69, 9.17) is 21.4 Å². The van der Waals surface area contributed by atoms with Gasteiger partial charge in [-0.05, 0) is 18.2 Å². The van der Waals surface area contributed by atoms with Gasteiger partial charge in [-0.1, -0.05) is 11.6 Å². The molecule has 1 amide bonds. The first-order valence-corrected chi connectivity index (χ1v) is 6.52. The number of rotatable bonds is 4. The first kappa shape index (κ1) is 13.1. The van der Waals surface area contributed by atoms with Gasteiger partial charge in [0.15, 0.2) is 0 Å². The maximum absolute atomic E-state index is 11.8. The second-order valence-corrected chi connectivity index (χ2v) is 5.02. The van der Waals surface area contributed by atoms with E-state index in [1.54, 1.807) is 13.2 Å². The summed E-state index contributed by atoms with van der Waals surface area (Å²) in [5, 5.41) is 12.5. The molecule has 0 spiro atoms. The third-order valence-corrected chi connectivity index (χ3v) is 4.11. The third kappa shape index (κ3) is 2.43. The molecule has 1 heterocycles. The molecule has 0 radical (unpaired) electrons. The maximum atomic E-state index is 11.8. The molecule has 0 aliphatic carbocycles. The maximum Gasteiger partial charge on any atom is 0.263 e. The third-order valence-electron chi connectivity index (χ3n) is 2.44. The number of amides is 1. The molecule has 1 aromatic heterocycles. The van der Waals surface area contributed by atoms with Crippen LogP contribution in [0.2, 0.25) is 5.02 Å². The van der Waals surface area contributed by atoms with Crippen LogP contribution in [0.25, 0.3) is 10.1 Å². The Morgan fingerprint density at radius 3 is 3.00 bits per heavy atom. The lowest BCUT2D eigenvalue weighted by Gasteiger charge is -2.00. The second kappa shape index (κ2) is 5.56. The summed E-state index contributed by atoms with van der Waals surface area (Å²) in [5.41, 5.74) is 0. The van der Waals surface area contributed by atoms with E-state index < -0.39 is 0 Å². The number of carbonyl (C=O) groups excluding carboxylic acids is 1. The van der Waals surface area contributed by atoms with Gasteiger partial charge in [0, 0.05) is 16.6 Å². The number of nitrogens with one attached hydrogen (secondary N) is 1. The summed E-state index contributed by atoms with van der Waals surface area (Å²) in [7, 11) is 1.58. The molecular formula is C12H12ClNO3S. The highest BCUT2D eigenvalue weighted by Crippen LogP contribution is 2.37. The number of thiophene rings is 1. The van der Waals surface area contributed by atoms with Crippen LogP contribution in [0.3, 0.4) is 0 Å². The Morgan fingerprint density at radius 1 is 1.56 bits per heavy atom. The fourth-order valence-electron chi connectivity index (χ4n) is 1.57. The van der Waals surface area contributed by atoms with Crippen LogP contribution in [0.1, 0.15) is 9.67 Å². The van der Waals surface area contributed by atoms with Gasteiger partial charge in [-0.25, -0.2) is 0 Å². The highest BCUT2D eigenvalue weighted by atomic mass is 35.5. The fourth-order valence-corrected chi connectivity index (χ4v) is 2.97. The minimum absolute atomic E-state index is 0.0952. The standard InChI is InChI=1S/C12H12ClNO3S/c1-17-7-2-3-9-8(6-7)10(13)11(18-9)12(16)14-4-5-15/h2-3,6,15H,4-5H2,1H3,(H,14,16). The van der Waals surface area contributed by atoms with E-state index in [1.165, 1.54) is 11.3 Å². The van der Waals surface area contributed by atoms with Crippen LogP contribution in [-0.4, -0.2) is 31.3 Å². The van der Waals surface area contributed by atoms with Crippen molar-refractivity contribution in [2.75, 3.05) is 20.3 Å². The predicted molar refractivity (Wildman–Crippen MR) is 72.8 cm³/mol. The highest BCUT2D eigenvalue weighted by Gasteiger charge is 2.17. The fraction of sp³-hybridized carbons (Fsp3) is 0.250. The monoisotopic (exact) mass is 285 g/mol. The van der Waals surface area contributed by atoms with Crippen molar-refractivity contribution in [2.45, 2.75) is 0 Å². The topological polar surface area (TPSA) is 58.6 Å². The summed E-state index contributed by atoms with van der Waals surface area (Å²) in [6.45, 7) is 0.120. The highest BCUT2D eigenvalue weighted by molar-refractivity contribution is 7.21. The van der Waals surface area contributed by atoms with Crippen LogP contribution in [0.5, 0.6) is 5.75 Å². The van der Waals surface area contributed by atoms with E-state index in [0.29, 0.717) is 15.6 Å². The smallest absolute Gasteiger partial charge is 0.263 e. The molecule has 0 saturated carbocycles. The van der Waals surface area contributed by atoms with E-state index in [-0.39, 0.29) is 19.1 Å². The van der Waals surface area contributed by atoms with Gasteiger partial charge >= 0.3 is 0 Å². The summed E-state index contributed by atoms with van der Waals surface area (Å²) in [6.07, 6.45) is 0. The van der Waals surface area contributed by atoms with E-state index in [1.807, 2.05) is 12.1 Å². The number of carbonyl (C=O) groups is 1. The minimum atomic E-state index is -0.269. The van der Waals surface area contributed by atoms with Crippen molar-refractivity contribution in [1.82, 2.24) is 5.32 Å². The summed E-state index contributed by atoms with van der Waals surface area (Å²) >= 11 is 7.51. The minimum Gasteiger partial charge on any atom is -0.497 e. The largest absolute Gasteiger partial charge is 0.497 e. The molecule has 0 fully saturated rings. The number of methoxy groups -OCH3 is 1. The van der Waals surface area contributed by atoms with E-state index in [2.05, 4.69) is 5.32 Å². The van der Waals surface area contributed by atoms with Crippen molar-refractivity contribution >= 4 is 38.9 Å². The Bertz CT molecular complexity index is 582. The molecule has 0 bridgehead atoms. The summed E-state index contributed by atoms with van der Waals surface area (Å²) < 4.78 is 6.05. The molecule has 0 saturated heterocycles. The van der Waals surface area contributed by atoms with Crippen LogP contribution >= 0.6 is 22.9 Å². The van der Waals surface area contributed by atoms with Gasteiger partial charge in [-0.2, -0.15) is 0 Å². The van der Waals surface area contributed by atoms with Crippen LogP contribution in [0.4, 0.5) is 0 Å². The molecule has 6 heteroatoms. The van der Waals surface area contributed by atoms with E-state index in [0.717, 1.165) is 10.1 Å². The number of ether oxygens (including phenoxy) is 1. The Labute approximate surface area is 113 Å². The normalized spacial score (nSPS) is 10.6. The van der Waals surface area contributed by atoms with Crippen LogP contribution in [0.15, 0.2) is 18.2 Å². The van der Waals surface area contributed by atoms with Crippen LogP contribution < -0.4 is 10.1 Å². The SMILES string of the molecule is COc1ccc2sc(C(=O)NCCO)c(Cl)c2c1. The van der Waals surface area contributed by atoms with Gasteiger partial charge in [0.25, 0.3) is 5.91 Å². The first-order chi connectivity index (χ1) is 8.67. The lowest BCUT2D eigenvalue weighted by molar-refractivity contribution is 0.0949. The predicted octanol–water partition coefficient (Wildman–Crippen LogP) is 2.29. The van der Waals surface area contributed by atoms with Gasteiger partial charge in [0.2, 0.25) is 0 Å². The number of aliphatic hydroxyl groups excluding tert-OH is 1. The van der Waals surface area contributed by atoms with E-state index in [9.17, 15) is 4.79 Å². The molecule has 0 unspecified atom stereocenters. The number of hydrogen-bond acceptors (Lipinski definition) is 4. The average molecular weight is 286 g/mol. The molecule has 2 rings (SSSR count). The van der Waals surface area contributed by atoms with Gasteiger partial charge in [-0.15, -0.1) is 11.3 Å². The molecule has 96 valence electrons. The molecule has 0 aliphatic rings. The van der Waals surface area contributed by atoms with Crippen molar-refractivity contribution in [2.24, 2.45) is 0 Å². The molecular weight excluding hydrogens is 274 g/mol. The number of fused-ring (bicyclic) bond motifs is 1. The van der Waals surface area contributed by atoms with Gasteiger partial charge in [0.05, 0.1) is 18.7 Å². The van der Waals surface area contributed by atoms with Crippen LogP contribution in [0, 0.1) is 0 Å². The van der Waals surface area contributed by atoms with Crippen LogP contribution in [-0.2, 0) is 0 Å². The van der Waals surface area contributed by atoms with Crippen molar-refractivity contribution in [3.05, 3.63) is 28.1 Å². The summed E-state index contributed by atoms with van der Waals surface area (Å²) in [4.78, 5) is 12.3. The summed E-state index contributed by atoms with van der Waals surface area (Å²) in [5.74, 6) is 0.429. The number of hydrogen-bond donors (Lipinski definition) is 2. The molecule has 0 aliphatic heterocycles. The number of benzene rings is 1. The molecule has 1 aromatic carbocycles. The van der Waals surface area contributed by atoms with Crippen molar-refractivity contribution in [3.63, 3.8) is 0 Å². The van der Waals surface area contributed by atoms with Crippen molar-refractivity contribution < 1.29 is 14.6 Å². The summed E-state index contributed by atoms with van der Waals surface area (Å²) in [6, 6.07) is 5.50. The second-order valence-electron chi connectivity index (χ2n) is 3.59. The zero-order valence-corrected chi connectivity index (χ0v) is 11.3. The Balaban J connectivity index is 2.41. The lowest BCUT2D eigenvalue weighted by atomic mass is 10.2. The zero-order valence-electron chi connectivity index (χ0n) is 9.70. The number of aliphatic hydroxyl groups is 1. The molecule has 0 atom stereocenters. The molecule has 2 aromatic rings.